The van der Waals surface area contributed by atoms with Gasteiger partial charge in [0.2, 0.25) is 0 Å². The second-order valence-electron chi connectivity index (χ2n) is 22.3. The number of aromatic nitrogens is 2. The molecule has 2 aromatic rings. The van der Waals surface area contributed by atoms with E-state index in [1.807, 2.05) is 24.8 Å². The first-order valence-electron chi connectivity index (χ1n) is 24.7. The number of carbonyl (C=O) groups excluding carboxylic acids is 1. The molecule has 0 aromatic carbocycles. The first-order chi connectivity index (χ1) is 29.9. The quantitative estimate of drug-likeness (QED) is 0.181. The van der Waals surface area contributed by atoms with E-state index in [2.05, 4.69) is 86.2 Å². The van der Waals surface area contributed by atoms with E-state index >= 15 is 0 Å². The first-order valence-corrected chi connectivity index (χ1v) is 24.7. The second-order valence-corrected chi connectivity index (χ2v) is 22.3. The number of pyridine rings is 2. The van der Waals surface area contributed by atoms with E-state index in [4.69, 9.17) is 9.47 Å². The Hall–Kier alpha value is -3.55. The molecule has 0 amide bonds. The van der Waals surface area contributed by atoms with Crippen molar-refractivity contribution in [3.63, 3.8) is 0 Å². The molecule has 4 fully saturated rings. The standard InChI is InChI=1S/C55H72N2O5/c1-52-23-17-35(31-39(52)9-11-41-45-15-13-43(37-7-5-27-56-33-37)54(45,3)25-19-47(41)52)49(58)21-29-61-51(60)62-30-22-50(59)36-18-24-53(2)40(32-36)10-12-42-46-16-14-44(38-8-6-28-57-34-38)55(46,4)26-20-48(42)53/h5-10,13-14,27-28,33-36,41-42,45-50,58-59H,11-12,15-26,29-32H2,1-4H3/t35-,36-,41-,42-,45-,46-,47-,48-,49?,50?,52-,53-,54+,55+/m0/s1. The minimum atomic E-state index is -0.700. The maximum absolute atomic E-state index is 12.7. The van der Waals surface area contributed by atoms with Gasteiger partial charge in [0.05, 0.1) is 25.4 Å². The molecule has 2 heterocycles. The zero-order chi connectivity index (χ0) is 42.9. The summed E-state index contributed by atoms with van der Waals surface area (Å²) in [4.78, 5) is 21.5. The van der Waals surface area contributed by atoms with Gasteiger partial charge in [-0.25, -0.2) is 4.79 Å². The Balaban J connectivity index is 0.660. The average Bonchev–Trinajstić information content (AvgIpc) is 3.83. The van der Waals surface area contributed by atoms with Gasteiger partial charge in [-0.15, -0.1) is 0 Å². The van der Waals surface area contributed by atoms with Crippen LogP contribution >= 0.6 is 0 Å². The van der Waals surface area contributed by atoms with Crippen molar-refractivity contribution in [2.45, 2.75) is 143 Å². The summed E-state index contributed by atoms with van der Waals surface area (Å²) in [5, 5.41) is 22.7. The number of allylic oxidation sites excluding steroid dienone is 8. The normalized spacial score (nSPS) is 40.4. The molecule has 2 aromatic heterocycles. The monoisotopic (exact) mass is 841 g/mol. The molecule has 14 atom stereocenters. The Morgan fingerprint density at radius 2 is 1.05 bits per heavy atom. The van der Waals surface area contributed by atoms with Crippen LogP contribution in [0.15, 0.2) is 84.5 Å². The number of fused-ring (bicyclic) bond motifs is 10. The van der Waals surface area contributed by atoms with Crippen LogP contribution in [0.3, 0.4) is 0 Å². The summed E-state index contributed by atoms with van der Waals surface area (Å²) in [6.07, 6.45) is 32.8. The molecule has 0 saturated heterocycles. The fraction of sp³-hybridized carbons (Fsp3) is 0.655. The lowest BCUT2D eigenvalue weighted by atomic mass is 9.46. The highest BCUT2D eigenvalue weighted by molar-refractivity contribution is 5.73. The number of rotatable bonds is 10. The van der Waals surface area contributed by atoms with Crippen molar-refractivity contribution in [1.82, 2.24) is 9.97 Å². The summed E-state index contributed by atoms with van der Waals surface area (Å²) < 4.78 is 11.0. The van der Waals surface area contributed by atoms with Gasteiger partial charge in [0, 0.05) is 37.6 Å². The van der Waals surface area contributed by atoms with Crippen LogP contribution in [0, 0.1) is 69.0 Å². The van der Waals surface area contributed by atoms with Crippen LogP contribution < -0.4 is 0 Å². The van der Waals surface area contributed by atoms with Gasteiger partial charge < -0.3 is 19.7 Å². The van der Waals surface area contributed by atoms with Gasteiger partial charge in [0.25, 0.3) is 0 Å². The van der Waals surface area contributed by atoms with E-state index in [1.54, 1.807) is 11.1 Å². The van der Waals surface area contributed by atoms with Crippen LogP contribution in [0.2, 0.25) is 0 Å². The molecule has 0 aliphatic heterocycles. The highest BCUT2D eigenvalue weighted by Crippen LogP contribution is 2.68. The SMILES string of the molecule is C[C@]12CC[C@H](C(O)CCOC(=O)OCCC(O)[C@H]3CC[C@@]4(C)C(=CC[C@@H]5[C@@H]4CC[C@]4(C)C(c6cccnc6)=CC[C@@H]54)C3)CC1=CC[C@@H]1[C@@H]2CC[C@]2(C)C(c3cccnc3)=CC[C@@H]12. The molecule has 0 radical (unpaired) electrons. The molecule has 8 aliphatic rings. The lowest BCUT2D eigenvalue weighted by molar-refractivity contribution is -0.0296. The minimum absolute atomic E-state index is 0.144. The molecular weight excluding hydrogens is 769 g/mol. The van der Waals surface area contributed by atoms with Crippen molar-refractivity contribution >= 4 is 17.3 Å². The smallest absolute Gasteiger partial charge is 0.434 e. The van der Waals surface area contributed by atoms with Crippen molar-refractivity contribution in [3.05, 3.63) is 95.6 Å². The van der Waals surface area contributed by atoms with E-state index in [-0.39, 0.29) is 46.7 Å². The predicted molar refractivity (Wildman–Crippen MR) is 244 cm³/mol. The second kappa shape index (κ2) is 16.5. The van der Waals surface area contributed by atoms with Gasteiger partial charge in [-0.3, -0.25) is 9.97 Å². The molecule has 2 N–H and O–H groups in total. The Bertz CT molecular complexity index is 1960. The molecule has 10 rings (SSSR count). The number of aliphatic hydroxyl groups is 2. The predicted octanol–water partition coefficient (Wildman–Crippen LogP) is 12.0. The largest absolute Gasteiger partial charge is 0.508 e. The summed E-state index contributed by atoms with van der Waals surface area (Å²) in [5.74, 6) is 4.50. The fourth-order valence-electron chi connectivity index (χ4n) is 16.1. The van der Waals surface area contributed by atoms with Crippen LogP contribution in [0.4, 0.5) is 4.79 Å². The van der Waals surface area contributed by atoms with Crippen molar-refractivity contribution in [1.29, 1.82) is 0 Å². The van der Waals surface area contributed by atoms with Gasteiger partial charge in [-0.2, -0.15) is 0 Å². The lowest BCUT2D eigenvalue weighted by Gasteiger charge is -2.58. The average molecular weight is 841 g/mol. The summed E-state index contributed by atoms with van der Waals surface area (Å²) in [5.41, 5.74) is 9.56. The van der Waals surface area contributed by atoms with Gasteiger partial charge >= 0.3 is 6.16 Å². The van der Waals surface area contributed by atoms with Gasteiger partial charge in [0.15, 0.2) is 0 Å². The van der Waals surface area contributed by atoms with Gasteiger partial charge in [-0.05, 0) is 193 Å². The highest BCUT2D eigenvalue weighted by atomic mass is 16.7. The van der Waals surface area contributed by atoms with Crippen molar-refractivity contribution < 1.29 is 24.5 Å². The number of nitrogens with zero attached hydrogens (tertiary/aromatic N) is 2. The van der Waals surface area contributed by atoms with Crippen LogP contribution in [0.1, 0.15) is 142 Å². The number of ether oxygens (including phenoxy) is 2. The molecule has 332 valence electrons. The molecule has 2 unspecified atom stereocenters. The van der Waals surface area contributed by atoms with Crippen LogP contribution in [0.25, 0.3) is 11.1 Å². The van der Waals surface area contributed by atoms with Crippen LogP contribution in [-0.4, -0.2) is 51.8 Å². The number of carbonyl (C=O) groups is 1. The van der Waals surface area contributed by atoms with E-state index in [0.717, 1.165) is 51.4 Å². The molecule has 0 bridgehead atoms. The molecule has 8 aliphatic carbocycles. The molecule has 7 nitrogen and oxygen atoms in total. The minimum Gasteiger partial charge on any atom is -0.434 e. The van der Waals surface area contributed by atoms with E-state index in [9.17, 15) is 15.0 Å². The molecule has 0 spiro atoms. The van der Waals surface area contributed by atoms with E-state index in [1.165, 1.54) is 60.8 Å². The Labute approximate surface area is 371 Å². The summed E-state index contributed by atoms with van der Waals surface area (Å²) >= 11 is 0. The Morgan fingerprint density at radius 3 is 1.47 bits per heavy atom. The Kier molecular flexibility index (Phi) is 11.3. The number of hydrogen-bond donors (Lipinski definition) is 2. The molecular formula is C55H72N2O5. The van der Waals surface area contributed by atoms with Crippen molar-refractivity contribution in [3.8, 4) is 0 Å². The maximum atomic E-state index is 12.7. The third-order valence-electron chi connectivity index (χ3n) is 19.7. The maximum Gasteiger partial charge on any atom is 0.508 e. The summed E-state index contributed by atoms with van der Waals surface area (Å²) in [6, 6.07) is 8.60. The topological polar surface area (TPSA) is 102 Å². The summed E-state index contributed by atoms with van der Waals surface area (Å²) in [6.45, 7) is 10.4. The molecule has 4 saturated carbocycles. The van der Waals surface area contributed by atoms with Crippen LogP contribution in [0.5, 0.6) is 0 Å². The zero-order valence-corrected chi connectivity index (χ0v) is 37.9. The lowest BCUT2D eigenvalue weighted by Crippen LogP contribution is -2.50. The number of hydrogen-bond acceptors (Lipinski definition) is 7. The van der Waals surface area contributed by atoms with E-state index in [0.29, 0.717) is 48.3 Å². The highest BCUT2D eigenvalue weighted by Gasteiger charge is 2.59. The fourth-order valence-corrected chi connectivity index (χ4v) is 16.1. The molecule has 62 heavy (non-hydrogen) atoms. The van der Waals surface area contributed by atoms with Crippen molar-refractivity contribution in [2.75, 3.05) is 13.2 Å². The van der Waals surface area contributed by atoms with E-state index < -0.39 is 18.4 Å². The summed E-state index contributed by atoms with van der Waals surface area (Å²) in [7, 11) is 0. The van der Waals surface area contributed by atoms with Gasteiger partial charge in [0.1, 0.15) is 0 Å². The van der Waals surface area contributed by atoms with Gasteiger partial charge in [-0.1, -0.05) is 75.3 Å². The number of aliphatic hydroxyl groups excluding tert-OH is 2. The van der Waals surface area contributed by atoms with Crippen LogP contribution in [-0.2, 0) is 9.47 Å². The van der Waals surface area contributed by atoms with Crippen molar-refractivity contribution in [2.24, 2.45) is 69.0 Å². The zero-order valence-electron chi connectivity index (χ0n) is 37.9. The first kappa shape index (κ1) is 42.4. The Morgan fingerprint density at radius 1 is 0.613 bits per heavy atom. The molecule has 7 heteroatoms. The third-order valence-corrected chi connectivity index (χ3v) is 19.7. The third kappa shape index (κ3) is 7.09.